The zero-order valence-electron chi connectivity index (χ0n) is 18.5. The van der Waals surface area contributed by atoms with Gasteiger partial charge in [-0.3, -0.25) is 9.48 Å². The molecule has 0 fully saturated rings. The molecule has 8 heteroatoms. The molecule has 0 saturated heterocycles. The minimum Gasteiger partial charge on any atom is -0.493 e. The van der Waals surface area contributed by atoms with Crippen molar-refractivity contribution in [3.63, 3.8) is 0 Å². The normalized spacial score (nSPS) is 10.5. The lowest BCUT2D eigenvalue weighted by Crippen LogP contribution is -2.34. The number of hydrogen-bond donors (Lipinski definition) is 0. The molecular weight excluding hydrogens is 410 g/mol. The lowest BCUT2D eigenvalue weighted by molar-refractivity contribution is -0.134. The zero-order chi connectivity index (χ0) is 22.9. The van der Waals surface area contributed by atoms with E-state index in [2.05, 4.69) is 5.10 Å². The van der Waals surface area contributed by atoms with E-state index in [0.717, 1.165) is 11.1 Å². The number of ether oxygens (including phenoxy) is 3. The number of carbonyl (C=O) groups is 2. The number of benzene rings is 2. The second kappa shape index (κ2) is 11.0. The topological polar surface area (TPSA) is 82.9 Å². The number of aromatic nitrogens is 2. The van der Waals surface area contributed by atoms with Crippen LogP contribution in [0, 0.1) is 0 Å². The molecule has 0 radical (unpaired) electrons. The minimum atomic E-state index is -0.536. The molecule has 0 N–H and O–H groups in total. The van der Waals surface area contributed by atoms with Crippen molar-refractivity contribution in [2.45, 2.75) is 20.0 Å². The highest BCUT2D eigenvalue weighted by atomic mass is 16.5. The van der Waals surface area contributed by atoms with E-state index in [1.165, 1.54) is 0 Å². The summed E-state index contributed by atoms with van der Waals surface area (Å²) in [5.74, 6) is 0.406. The van der Waals surface area contributed by atoms with Crippen LogP contribution in [0.2, 0.25) is 0 Å². The van der Waals surface area contributed by atoms with Crippen molar-refractivity contribution < 1.29 is 23.8 Å². The summed E-state index contributed by atoms with van der Waals surface area (Å²) in [6.07, 6.45) is 3.59. The van der Waals surface area contributed by atoms with Gasteiger partial charge in [0.15, 0.2) is 18.1 Å². The first-order valence-corrected chi connectivity index (χ1v) is 10.3. The number of nitrogens with zero attached hydrogens (tertiary/aromatic N) is 3. The first-order chi connectivity index (χ1) is 15.5. The van der Waals surface area contributed by atoms with E-state index in [1.807, 2.05) is 43.5 Å². The highest BCUT2D eigenvalue weighted by Crippen LogP contribution is 2.28. The van der Waals surface area contributed by atoms with E-state index >= 15 is 0 Å². The van der Waals surface area contributed by atoms with Gasteiger partial charge < -0.3 is 19.1 Å². The predicted octanol–water partition coefficient (Wildman–Crippen LogP) is 3.15. The Morgan fingerprint density at radius 2 is 1.72 bits per heavy atom. The SMILES string of the molecule is CCN(Cc1ccc(OC)c(OC)c1)C(=O)COC(=O)c1ccc(Cn2cccn2)cc1. The molecule has 3 aromatic rings. The number of methoxy groups -OCH3 is 2. The lowest BCUT2D eigenvalue weighted by Gasteiger charge is -2.21. The molecule has 0 aliphatic carbocycles. The predicted molar refractivity (Wildman–Crippen MR) is 119 cm³/mol. The molecule has 2 aromatic carbocycles. The maximum atomic E-state index is 12.6. The van der Waals surface area contributed by atoms with E-state index in [-0.39, 0.29) is 12.5 Å². The number of amides is 1. The maximum Gasteiger partial charge on any atom is 0.338 e. The Morgan fingerprint density at radius 3 is 2.34 bits per heavy atom. The van der Waals surface area contributed by atoms with E-state index in [9.17, 15) is 9.59 Å². The van der Waals surface area contributed by atoms with Crippen molar-refractivity contribution in [3.05, 3.63) is 77.6 Å². The number of rotatable bonds is 10. The molecule has 1 amide bonds. The van der Waals surface area contributed by atoms with E-state index < -0.39 is 5.97 Å². The highest BCUT2D eigenvalue weighted by Gasteiger charge is 2.17. The van der Waals surface area contributed by atoms with Crippen LogP contribution in [0.25, 0.3) is 0 Å². The monoisotopic (exact) mass is 437 g/mol. The summed E-state index contributed by atoms with van der Waals surface area (Å²) >= 11 is 0. The third-order valence-electron chi connectivity index (χ3n) is 4.98. The third kappa shape index (κ3) is 5.87. The first-order valence-electron chi connectivity index (χ1n) is 10.3. The molecule has 0 spiro atoms. The Balaban J connectivity index is 1.54. The second-order valence-corrected chi connectivity index (χ2v) is 7.07. The van der Waals surface area contributed by atoms with Gasteiger partial charge in [0.05, 0.1) is 26.3 Å². The van der Waals surface area contributed by atoms with Crippen LogP contribution >= 0.6 is 0 Å². The molecule has 0 unspecified atom stereocenters. The van der Waals surface area contributed by atoms with Crippen molar-refractivity contribution in [3.8, 4) is 11.5 Å². The quantitative estimate of drug-likeness (QED) is 0.453. The fourth-order valence-corrected chi connectivity index (χ4v) is 3.20. The second-order valence-electron chi connectivity index (χ2n) is 7.07. The molecule has 3 rings (SSSR count). The van der Waals surface area contributed by atoms with Gasteiger partial charge >= 0.3 is 5.97 Å². The number of likely N-dealkylation sites (N-methyl/N-ethyl adjacent to an activating group) is 1. The van der Waals surface area contributed by atoms with Crippen LogP contribution < -0.4 is 9.47 Å². The molecule has 1 aromatic heterocycles. The zero-order valence-corrected chi connectivity index (χ0v) is 18.5. The Morgan fingerprint density at radius 1 is 1.00 bits per heavy atom. The molecule has 168 valence electrons. The van der Waals surface area contributed by atoms with Gasteiger partial charge in [-0.25, -0.2) is 4.79 Å². The van der Waals surface area contributed by atoms with Crippen molar-refractivity contribution in [1.29, 1.82) is 0 Å². The fraction of sp³-hybridized carbons (Fsp3) is 0.292. The summed E-state index contributed by atoms with van der Waals surface area (Å²) in [5, 5.41) is 4.16. The lowest BCUT2D eigenvalue weighted by atomic mass is 10.1. The van der Waals surface area contributed by atoms with Gasteiger partial charge in [0.25, 0.3) is 5.91 Å². The average molecular weight is 437 g/mol. The van der Waals surface area contributed by atoms with Gasteiger partial charge in [-0.2, -0.15) is 5.10 Å². The standard InChI is InChI=1S/C24H27N3O5/c1-4-26(15-19-8-11-21(30-2)22(14-19)31-3)23(28)17-32-24(29)20-9-6-18(7-10-20)16-27-13-5-12-25-27/h5-14H,4,15-17H2,1-3H3. The molecule has 0 aliphatic heterocycles. The van der Waals surface area contributed by atoms with Crippen molar-refractivity contribution >= 4 is 11.9 Å². The molecule has 1 heterocycles. The third-order valence-corrected chi connectivity index (χ3v) is 4.98. The van der Waals surface area contributed by atoms with Gasteiger partial charge in [-0.1, -0.05) is 18.2 Å². The van der Waals surface area contributed by atoms with Crippen LogP contribution in [-0.2, 0) is 22.6 Å². The largest absolute Gasteiger partial charge is 0.493 e. The smallest absolute Gasteiger partial charge is 0.338 e. The molecule has 32 heavy (non-hydrogen) atoms. The van der Waals surface area contributed by atoms with E-state index in [4.69, 9.17) is 14.2 Å². The molecule has 0 bridgehead atoms. The van der Waals surface area contributed by atoms with Gasteiger partial charge in [0.1, 0.15) is 0 Å². The number of hydrogen-bond acceptors (Lipinski definition) is 6. The average Bonchev–Trinajstić information content (AvgIpc) is 3.34. The minimum absolute atomic E-state index is 0.272. The van der Waals surface area contributed by atoms with Gasteiger partial charge in [0.2, 0.25) is 0 Å². The van der Waals surface area contributed by atoms with Gasteiger partial charge in [-0.15, -0.1) is 0 Å². The van der Waals surface area contributed by atoms with Crippen LogP contribution in [0.5, 0.6) is 11.5 Å². The summed E-state index contributed by atoms with van der Waals surface area (Å²) in [7, 11) is 3.13. The summed E-state index contributed by atoms with van der Waals surface area (Å²) < 4.78 is 17.6. The molecule has 8 nitrogen and oxygen atoms in total. The van der Waals surface area contributed by atoms with Crippen LogP contribution in [0.1, 0.15) is 28.4 Å². The summed E-state index contributed by atoms with van der Waals surface area (Å²) in [6.45, 7) is 3.01. The van der Waals surface area contributed by atoms with E-state index in [1.54, 1.807) is 48.2 Å². The fourth-order valence-electron chi connectivity index (χ4n) is 3.20. The van der Waals surface area contributed by atoms with Crippen LogP contribution in [-0.4, -0.2) is 53.9 Å². The molecule has 0 saturated carbocycles. The van der Waals surface area contributed by atoms with Crippen LogP contribution in [0.3, 0.4) is 0 Å². The van der Waals surface area contributed by atoms with Crippen molar-refractivity contribution in [1.82, 2.24) is 14.7 Å². The molecule has 0 atom stereocenters. The summed E-state index contributed by atoms with van der Waals surface area (Å²) in [4.78, 5) is 26.6. The molecular formula is C24H27N3O5. The maximum absolute atomic E-state index is 12.6. The Bertz CT molecular complexity index is 1030. The molecule has 0 aliphatic rings. The van der Waals surface area contributed by atoms with Crippen molar-refractivity contribution in [2.75, 3.05) is 27.4 Å². The van der Waals surface area contributed by atoms with Gasteiger partial charge in [-0.05, 0) is 48.4 Å². The Hall–Kier alpha value is -3.81. The summed E-state index contributed by atoms with van der Waals surface area (Å²) in [6, 6.07) is 14.4. The Labute approximate surface area is 187 Å². The first kappa shape index (κ1) is 22.9. The summed E-state index contributed by atoms with van der Waals surface area (Å²) in [5.41, 5.74) is 2.29. The number of carbonyl (C=O) groups excluding carboxylic acids is 2. The van der Waals surface area contributed by atoms with E-state index in [0.29, 0.717) is 36.7 Å². The number of esters is 1. The van der Waals surface area contributed by atoms with Crippen LogP contribution in [0.15, 0.2) is 60.9 Å². The van der Waals surface area contributed by atoms with Crippen molar-refractivity contribution in [2.24, 2.45) is 0 Å². The van der Waals surface area contributed by atoms with Gasteiger partial charge in [0, 0.05) is 25.5 Å². The van der Waals surface area contributed by atoms with Crippen LogP contribution in [0.4, 0.5) is 0 Å². The Kier molecular flexibility index (Phi) is 7.85. The highest BCUT2D eigenvalue weighted by molar-refractivity contribution is 5.91.